The Labute approximate surface area is 323 Å². The van der Waals surface area contributed by atoms with Gasteiger partial charge < -0.3 is 19.8 Å². The molecule has 0 unspecified atom stereocenters. The first kappa shape index (κ1) is 35.3. The van der Waals surface area contributed by atoms with E-state index in [9.17, 15) is 19.5 Å². The molecule has 5 aliphatic rings. The highest BCUT2D eigenvalue weighted by Gasteiger charge is 2.39. The highest BCUT2D eigenvalue weighted by atomic mass is 16.3. The van der Waals surface area contributed by atoms with Crippen LogP contribution in [0.4, 0.5) is 11.4 Å². The van der Waals surface area contributed by atoms with Crippen molar-refractivity contribution in [2.45, 2.75) is 57.5 Å². The number of piperidine rings is 2. The average Bonchev–Trinajstić information content (AvgIpc) is 3.41. The maximum absolute atomic E-state index is 13.2. The molecule has 9 heteroatoms. The Morgan fingerprint density at radius 2 is 1.38 bits per heavy atom. The van der Waals surface area contributed by atoms with Gasteiger partial charge in [0.05, 0.1) is 0 Å². The molecule has 3 saturated heterocycles. The number of carbonyl (C=O) groups is 3. The number of nitrogens with one attached hydrogen (secondary N) is 1. The van der Waals surface area contributed by atoms with Crippen molar-refractivity contribution in [2.75, 3.05) is 55.6 Å². The van der Waals surface area contributed by atoms with Crippen molar-refractivity contribution in [3.63, 3.8) is 0 Å². The van der Waals surface area contributed by atoms with Crippen molar-refractivity contribution >= 4 is 40.2 Å². The van der Waals surface area contributed by atoms with Crippen LogP contribution in [0.3, 0.4) is 0 Å². The van der Waals surface area contributed by atoms with Crippen LogP contribution >= 0.6 is 0 Å². The fourth-order valence-electron chi connectivity index (χ4n) is 9.56. The van der Waals surface area contributed by atoms with E-state index in [0.29, 0.717) is 30.2 Å². The van der Waals surface area contributed by atoms with Gasteiger partial charge in [-0.1, -0.05) is 48.5 Å². The van der Waals surface area contributed by atoms with Crippen LogP contribution in [0, 0.1) is 5.92 Å². The number of rotatable bonds is 7. The predicted octanol–water partition coefficient (Wildman–Crippen LogP) is 6.49. The first-order chi connectivity index (χ1) is 26.9. The molecule has 0 bridgehead atoms. The fraction of sp³-hybridized carbons (Fsp3) is 0.370. The Morgan fingerprint density at radius 1 is 0.655 bits per heavy atom. The van der Waals surface area contributed by atoms with Gasteiger partial charge in [-0.15, -0.1) is 0 Å². The van der Waals surface area contributed by atoms with Crippen molar-refractivity contribution in [1.29, 1.82) is 0 Å². The first-order valence-corrected chi connectivity index (χ1v) is 20.1. The van der Waals surface area contributed by atoms with Crippen LogP contribution in [0.15, 0.2) is 91.0 Å². The SMILES string of the molecule is O=C1CC[C@@H](N2Cc3cc(N4CCN(CC5CCN(c6ccc(C7=C(c8ccccc8)CCCc8cc(O)ccc87)cc6)CC5)CC4)ccc3C2=O)C(=O)N1. The lowest BCUT2D eigenvalue weighted by molar-refractivity contribution is -0.136. The molecule has 4 aromatic carbocycles. The zero-order chi connectivity index (χ0) is 37.5. The lowest BCUT2D eigenvalue weighted by atomic mass is 9.87. The molecule has 282 valence electrons. The number of aromatic hydroxyl groups is 1. The normalized spacial score (nSPS) is 21.1. The van der Waals surface area contributed by atoms with Gasteiger partial charge in [-0.2, -0.15) is 0 Å². The number of hydrogen-bond acceptors (Lipinski definition) is 7. The smallest absolute Gasteiger partial charge is 0.255 e. The molecular formula is C46H49N5O4. The minimum atomic E-state index is -0.587. The van der Waals surface area contributed by atoms with E-state index in [1.807, 2.05) is 24.3 Å². The summed E-state index contributed by atoms with van der Waals surface area (Å²) in [5.41, 5.74) is 11.6. The number of imide groups is 1. The minimum absolute atomic E-state index is 0.123. The van der Waals surface area contributed by atoms with Crippen molar-refractivity contribution in [3.05, 3.63) is 124 Å². The van der Waals surface area contributed by atoms with Crippen LogP contribution in [0.25, 0.3) is 11.1 Å². The molecule has 3 amide bonds. The Hall–Kier alpha value is -5.41. The van der Waals surface area contributed by atoms with E-state index >= 15 is 0 Å². The summed E-state index contributed by atoms with van der Waals surface area (Å²) in [5.74, 6) is 0.256. The average molecular weight is 736 g/mol. The molecule has 55 heavy (non-hydrogen) atoms. The monoisotopic (exact) mass is 735 g/mol. The molecule has 1 aliphatic carbocycles. The van der Waals surface area contributed by atoms with E-state index in [4.69, 9.17) is 0 Å². The molecule has 9 rings (SSSR count). The maximum atomic E-state index is 13.2. The van der Waals surface area contributed by atoms with Crippen molar-refractivity contribution in [2.24, 2.45) is 5.92 Å². The van der Waals surface area contributed by atoms with Crippen molar-refractivity contribution < 1.29 is 19.5 Å². The lowest BCUT2D eigenvalue weighted by Gasteiger charge is -2.40. The second kappa shape index (κ2) is 15.0. The summed E-state index contributed by atoms with van der Waals surface area (Å²) in [6, 6.07) is 31.3. The lowest BCUT2D eigenvalue weighted by Crippen LogP contribution is -2.52. The maximum Gasteiger partial charge on any atom is 0.255 e. The minimum Gasteiger partial charge on any atom is -0.508 e. The third-order valence-electron chi connectivity index (χ3n) is 12.6. The van der Waals surface area contributed by atoms with Gasteiger partial charge in [0.25, 0.3) is 5.91 Å². The molecule has 0 spiro atoms. The number of allylic oxidation sites excluding steroid dienone is 1. The van der Waals surface area contributed by atoms with E-state index in [0.717, 1.165) is 76.3 Å². The Bertz CT molecular complexity index is 2130. The van der Waals surface area contributed by atoms with Gasteiger partial charge in [-0.25, -0.2) is 0 Å². The highest BCUT2D eigenvalue weighted by Crippen LogP contribution is 2.41. The third kappa shape index (κ3) is 7.13. The standard InChI is InChI=1S/C46H49N5O4/c52-38-14-16-40-34(28-38)7-4-8-39(32-5-2-1-3-6-32)44(40)33-9-11-36(12-10-33)49-21-19-31(20-22-49)29-48-23-25-50(26-24-48)37-13-15-41-35(27-37)30-51(46(41)55)42-17-18-43(53)47-45(42)54/h1-3,5-6,9-16,27-28,31,42,52H,4,7-8,17-26,29-30H2,(H,47,53,54)/t42-/m1/s1. The largest absolute Gasteiger partial charge is 0.508 e. The second-order valence-corrected chi connectivity index (χ2v) is 15.9. The van der Waals surface area contributed by atoms with Crippen LogP contribution in [-0.2, 0) is 22.6 Å². The quantitative estimate of drug-likeness (QED) is 0.210. The Balaban J connectivity index is 0.798. The predicted molar refractivity (Wildman–Crippen MR) is 216 cm³/mol. The number of anilines is 2. The van der Waals surface area contributed by atoms with Crippen molar-refractivity contribution in [3.8, 4) is 5.75 Å². The number of aryl methyl sites for hydroxylation is 1. The number of hydrogen-bond donors (Lipinski definition) is 2. The van der Waals surface area contributed by atoms with Crippen LogP contribution in [-0.4, -0.2) is 84.5 Å². The molecule has 0 aromatic heterocycles. The number of nitrogens with zero attached hydrogens (tertiary/aromatic N) is 4. The van der Waals surface area contributed by atoms with Crippen molar-refractivity contribution in [1.82, 2.24) is 15.1 Å². The van der Waals surface area contributed by atoms with E-state index in [1.165, 1.54) is 51.9 Å². The molecule has 4 aromatic rings. The summed E-state index contributed by atoms with van der Waals surface area (Å²) in [6.07, 6.45) is 6.03. The van der Waals surface area contributed by atoms with Gasteiger partial charge in [0.1, 0.15) is 11.8 Å². The summed E-state index contributed by atoms with van der Waals surface area (Å²) in [6.45, 7) is 7.59. The third-order valence-corrected chi connectivity index (χ3v) is 12.6. The summed E-state index contributed by atoms with van der Waals surface area (Å²) in [5, 5.41) is 12.7. The number of piperazine rings is 1. The number of carbonyl (C=O) groups excluding carboxylic acids is 3. The van der Waals surface area contributed by atoms with Gasteiger partial charge in [0, 0.05) is 75.7 Å². The first-order valence-electron chi connectivity index (χ1n) is 20.1. The second-order valence-electron chi connectivity index (χ2n) is 15.9. The summed E-state index contributed by atoms with van der Waals surface area (Å²) < 4.78 is 0. The Kier molecular flexibility index (Phi) is 9.64. The molecule has 3 fully saturated rings. The molecule has 0 radical (unpaired) electrons. The molecule has 2 N–H and O–H groups in total. The Morgan fingerprint density at radius 3 is 2.15 bits per heavy atom. The topological polar surface area (TPSA) is 96.4 Å². The molecule has 1 atom stereocenters. The van der Waals surface area contributed by atoms with E-state index in [-0.39, 0.29) is 24.1 Å². The van der Waals surface area contributed by atoms with Gasteiger partial charge in [-0.3, -0.25) is 24.6 Å². The summed E-state index contributed by atoms with van der Waals surface area (Å²) >= 11 is 0. The van der Waals surface area contributed by atoms with Crippen LogP contribution in [0.1, 0.15) is 76.7 Å². The van der Waals surface area contributed by atoms with Gasteiger partial charge in [-0.05, 0) is 126 Å². The molecule has 4 heterocycles. The van der Waals surface area contributed by atoms with Gasteiger partial charge >= 0.3 is 0 Å². The summed E-state index contributed by atoms with van der Waals surface area (Å²) in [4.78, 5) is 46.5. The molecular weight excluding hydrogens is 687 g/mol. The summed E-state index contributed by atoms with van der Waals surface area (Å²) in [7, 11) is 0. The number of benzene rings is 4. The fourth-order valence-corrected chi connectivity index (χ4v) is 9.56. The van der Waals surface area contributed by atoms with Crippen LogP contribution in [0.2, 0.25) is 0 Å². The number of phenolic OH excluding ortho intramolecular Hbond substituents is 1. The zero-order valence-corrected chi connectivity index (χ0v) is 31.4. The van der Waals surface area contributed by atoms with Crippen LogP contribution < -0.4 is 15.1 Å². The van der Waals surface area contributed by atoms with E-state index < -0.39 is 6.04 Å². The highest BCUT2D eigenvalue weighted by molar-refractivity contribution is 6.05. The van der Waals surface area contributed by atoms with E-state index in [1.54, 1.807) is 4.90 Å². The number of amides is 3. The molecule has 0 saturated carbocycles. The number of phenols is 1. The molecule has 4 aliphatic heterocycles. The van der Waals surface area contributed by atoms with Gasteiger partial charge in [0.2, 0.25) is 11.8 Å². The van der Waals surface area contributed by atoms with Crippen LogP contribution in [0.5, 0.6) is 5.75 Å². The van der Waals surface area contributed by atoms with Gasteiger partial charge in [0.15, 0.2) is 0 Å². The van der Waals surface area contributed by atoms with E-state index in [2.05, 4.69) is 86.7 Å². The number of fused-ring (bicyclic) bond motifs is 2. The molecule has 9 nitrogen and oxygen atoms in total. The zero-order valence-electron chi connectivity index (χ0n) is 31.4.